The molecule has 1 aliphatic rings. The van der Waals surface area contributed by atoms with E-state index < -0.39 is 5.34 Å². The summed E-state index contributed by atoms with van der Waals surface area (Å²) in [5, 5.41) is -1.02. The summed E-state index contributed by atoms with van der Waals surface area (Å²) in [5.74, 6) is 0.554. The second kappa shape index (κ2) is 7.45. The number of hydrogen-bond donors (Lipinski definition) is 0. The highest BCUT2D eigenvalue weighted by Crippen LogP contribution is 2.35. The van der Waals surface area contributed by atoms with Crippen molar-refractivity contribution in [2.75, 3.05) is 20.2 Å². The topological polar surface area (TPSA) is 38.3 Å². The fraction of sp³-hybridized carbons (Fsp3) is 0.714. The monoisotopic (exact) mass is 301 g/mol. The molecule has 0 fully saturated rings. The second-order valence-electron chi connectivity index (χ2n) is 5.48. The van der Waals surface area contributed by atoms with Crippen LogP contribution in [0, 0.1) is 0 Å². The van der Waals surface area contributed by atoms with E-state index in [9.17, 15) is 0 Å². The van der Waals surface area contributed by atoms with E-state index >= 15 is 0 Å². The first-order chi connectivity index (χ1) is 10.1. The van der Waals surface area contributed by atoms with Gasteiger partial charge in [0, 0.05) is 6.54 Å². The molecule has 4 nitrogen and oxygen atoms in total. The number of unbranched alkanes of at least 4 members (excludes halogenated alkanes) is 3. The maximum Gasteiger partial charge on any atom is 0.253 e. The number of aromatic nitrogens is 2. The van der Waals surface area contributed by atoms with E-state index in [4.69, 9.17) is 20.4 Å². The van der Waals surface area contributed by atoms with E-state index in [0.29, 0.717) is 18.2 Å². The number of likely N-dealkylation sites (N-methyl/N-ethyl adjacent to an activating group) is 1. The summed E-state index contributed by atoms with van der Waals surface area (Å²) in [5.41, 5.74) is 1.49. The molecule has 0 unspecified atom stereocenters. The van der Waals surface area contributed by atoms with Crippen molar-refractivity contribution in [1.82, 2.24) is 13.6 Å². The smallest absolute Gasteiger partial charge is 0.253 e. The standard InChI is InChI=1S/C14H21B2N3OS/c1-3-4-5-6-10-20-13-12(17-21-18-13)11-8-7-9-19(2)14(11,15)16/h8H,3-7,9-10H2,1-2H3. The fourth-order valence-electron chi connectivity index (χ4n) is 2.38. The van der Waals surface area contributed by atoms with Crippen molar-refractivity contribution in [3.05, 3.63) is 11.8 Å². The average molecular weight is 301 g/mol. The van der Waals surface area contributed by atoms with Gasteiger partial charge in [-0.15, -0.1) is 4.37 Å². The van der Waals surface area contributed by atoms with Gasteiger partial charge in [0.1, 0.15) is 5.69 Å². The van der Waals surface area contributed by atoms with Crippen LogP contribution in [0.4, 0.5) is 0 Å². The molecule has 2 heterocycles. The Morgan fingerprint density at radius 3 is 2.90 bits per heavy atom. The molecular formula is C14H21B2N3OS. The third-order valence-corrected chi connectivity index (χ3v) is 4.34. The van der Waals surface area contributed by atoms with Crippen LogP contribution >= 0.6 is 11.7 Å². The van der Waals surface area contributed by atoms with Gasteiger partial charge in [0.25, 0.3) is 5.88 Å². The van der Waals surface area contributed by atoms with Crippen molar-refractivity contribution in [3.63, 3.8) is 0 Å². The van der Waals surface area contributed by atoms with Crippen LogP contribution in [0.1, 0.15) is 44.7 Å². The third kappa shape index (κ3) is 3.89. The van der Waals surface area contributed by atoms with E-state index in [1.807, 2.05) is 18.0 Å². The molecule has 2 rings (SSSR count). The number of rotatable bonds is 7. The Hall–Kier alpha value is -0.810. The highest BCUT2D eigenvalue weighted by atomic mass is 32.1. The molecule has 1 aromatic heterocycles. The van der Waals surface area contributed by atoms with Crippen LogP contribution in [0.5, 0.6) is 5.88 Å². The minimum atomic E-state index is -1.02. The van der Waals surface area contributed by atoms with Crippen molar-refractivity contribution < 1.29 is 4.74 Å². The van der Waals surface area contributed by atoms with Gasteiger partial charge in [0.15, 0.2) is 0 Å². The number of nitrogens with zero attached hydrogens (tertiary/aromatic N) is 3. The van der Waals surface area contributed by atoms with Gasteiger partial charge in [-0.3, -0.25) is 0 Å². The first kappa shape index (κ1) is 16.6. The Kier molecular flexibility index (Phi) is 5.88. The molecule has 1 aromatic rings. The Labute approximate surface area is 134 Å². The summed E-state index contributed by atoms with van der Waals surface area (Å²) in [6.45, 7) is 3.68. The van der Waals surface area contributed by atoms with E-state index in [-0.39, 0.29) is 0 Å². The molecule has 0 aliphatic carbocycles. The highest BCUT2D eigenvalue weighted by Gasteiger charge is 2.33. The van der Waals surface area contributed by atoms with Gasteiger partial charge in [-0.2, -0.15) is 4.37 Å². The Morgan fingerprint density at radius 2 is 2.14 bits per heavy atom. The molecule has 21 heavy (non-hydrogen) atoms. The Balaban J connectivity index is 2.04. The summed E-state index contributed by atoms with van der Waals surface area (Å²) in [7, 11) is 14.4. The molecular weight excluding hydrogens is 280 g/mol. The van der Waals surface area contributed by atoms with Gasteiger partial charge in [-0.1, -0.05) is 32.3 Å². The van der Waals surface area contributed by atoms with Gasteiger partial charge < -0.3 is 9.64 Å². The molecule has 0 aromatic carbocycles. The lowest BCUT2D eigenvalue weighted by molar-refractivity contribution is 0.291. The van der Waals surface area contributed by atoms with E-state index in [2.05, 4.69) is 15.7 Å². The predicted octanol–water partition coefficient (Wildman–Crippen LogP) is 2.21. The minimum Gasteiger partial charge on any atom is -0.475 e. The Morgan fingerprint density at radius 1 is 1.33 bits per heavy atom. The lowest BCUT2D eigenvalue weighted by Crippen LogP contribution is -2.51. The maximum absolute atomic E-state index is 6.24. The third-order valence-electron chi connectivity index (χ3n) is 3.83. The van der Waals surface area contributed by atoms with E-state index in [0.717, 1.165) is 36.7 Å². The molecule has 110 valence electrons. The molecule has 0 N–H and O–H groups in total. The van der Waals surface area contributed by atoms with Crippen molar-refractivity contribution in [3.8, 4) is 5.88 Å². The lowest BCUT2D eigenvalue weighted by Gasteiger charge is -2.41. The van der Waals surface area contributed by atoms with E-state index in [1.165, 1.54) is 19.3 Å². The van der Waals surface area contributed by atoms with Gasteiger partial charge in [-0.05, 0) is 30.8 Å². The predicted molar refractivity (Wildman–Crippen MR) is 89.0 cm³/mol. The van der Waals surface area contributed by atoms with Crippen LogP contribution in [0.25, 0.3) is 5.57 Å². The second-order valence-corrected chi connectivity index (χ2v) is 6.01. The quantitative estimate of drug-likeness (QED) is 0.572. The minimum absolute atomic E-state index is 0.554. The van der Waals surface area contributed by atoms with Crippen LogP contribution < -0.4 is 4.74 Å². The molecule has 0 atom stereocenters. The first-order valence-electron chi connectivity index (χ1n) is 7.52. The Bertz CT molecular complexity index is 490. The van der Waals surface area contributed by atoms with Gasteiger partial charge in [0.05, 0.1) is 34.0 Å². The number of hydrogen-bond acceptors (Lipinski definition) is 5. The molecule has 0 amide bonds. The van der Waals surface area contributed by atoms with Crippen LogP contribution in [0.15, 0.2) is 6.08 Å². The van der Waals surface area contributed by atoms with E-state index in [1.54, 1.807) is 0 Å². The fourth-order valence-corrected chi connectivity index (χ4v) is 2.89. The van der Waals surface area contributed by atoms with Crippen molar-refractivity contribution in [2.24, 2.45) is 0 Å². The molecule has 0 bridgehead atoms. The largest absolute Gasteiger partial charge is 0.475 e. The average Bonchev–Trinajstić information content (AvgIpc) is 2.90. The molecule has 4 radical (unpaired) electrons. The van der Waals surface area contributed by atoms with Crippen LogP contribution in [0.2, 0.25) is 0 Å². The molecule has 1 aliphatic heterocycles. The highest BCUT2D eigenvalue weighted by molar-refractivity contribution is 6.99. The zero-order chi connectivity index (χ0) is 15.3. The first-order valence-corrected chi connectivity index (χ1v) is 8.25. The zero-order valence-electron chi connectivity index (χ0n) is 12.8. The van der Waals surface area contributed by atoms with Crippen LogP contribution in [-0.4, -0.2) is 54.9 Å². The lowest BCUT2D eigenvalue weighted by atomic mass is 9.55. The summed E-state index contributed by atoms with van der Waals surface area (Å²) >= 11 is 1.13. The maximum atomic E-state index is 6.24. The van der Waals surface area contributed by atoms with Crippen molar-refractivity contribution in [2.45, 2.75) is 44.4 Å². The summed E-state index contributed by atoms with van der Waals surface area (Å²) in [4.78, 5) is 1.92. The molecule has 7 heteroatoms. The molecule has 0 saturated carbocycles. The normalized spacial score (nSPS) is 18.5. The van der Waals surface area contributed by atoms with Crippen LogP contribution in [-0.2, 0) is 0 Å². The molecule has 0 spiro atoms. The SMILES string of the molecule is [B]C1([B])C(c2nsnc2OCCCCCC)=CCCN1C. The summed E-state index contributed by atoms with van der Waals surface area (Å²) in [6, 6.07) is 0. The van der Waals surface area contributed by atoms with Gasteiger partial charge in [0.2, 0.25) is 0 Å². The van der Waals surface area contributed by atoms with Crippen molar-refractivity contribution in [1.29, 1.82) is 0 Å². The van der Waals surface area contributed by atoms with Gasteiger partial charge >= 0.3 is 0 Å². The number of ether oxygens (including phenoxy) is 1. The van der Waals surface area contributed by atoms with Crippen molar-refractivity contribution >= 4 is 33.0 Å². The molecule has 0 saturated heterocycles. The van der Waals surface area contributed by atoms with Crippen LogP contribution in [0.3, 0.4) is 0 Å². The van der Waals surface area contributed by atoms with Gasteiger partial charge in [-0.25, -0.2) is 0 Å². The zero-order valence-corrected chi connectivity index (χ0v) is 13.7. The summed E-state index contributed by atoms with van der Waals surface area (Å²) < 4.78 is 14.3. The summed E-state index contributed by atoms with van der Waals surface area (Å²) in [6.07, 6.45) is 7.59.